The highest BCUT2D eigenvalue weighted by molar-refractivity contribution is 7.08. The summed E-state index contributed by atoms with van der Waals surface area (Å²) in [7, 11) is 0. The Morgan fingerprint density at radius 2 is 1.77 bits per heavy atom. The molecular formula is C28H31F3N4O6S2. The number of likely N-dealkylation sites (tertiary alicyclic amines) is 1. The second-order valence-electron chi connectivity index (χ2n) is 10.3. The minimum atomic E-state index is -4.78. The first-order chi connectivity index (χ1) is 20.4. The number of fused-ring (bicyclic) bond motifs is 1. The zero-order valence-electron chi connectivity index (χ0n) is 23.4. The molecule has 0 spiro atoms. The molecule has 3 unspecified atom stereocenters. The van der Waals surface area contributed by atoms with E-state index in [9.17, 15) is 27.6 Å². The van der Waals surface area contributed by atoms with Crippen LogP contribution < -0.4 is 4.74 Å². The van der Waals surface area contributed by atoms with E-state index >= 15 is 0 Å². The summed E-state index contributed by atoms with van der Waals surface area (Å²) in [5, 5.41) is 11.4. The summed E-state index contributed by atoms with van der Waals surface area (Å²) in [4.78, 5) is 46.7. The Morgan fingerprint density at radius 1 is 1.12 bits per heavy atom. The zero-order chi connectivity index (χ0) is 31.1. The van der Waals surface area contributed by atoms with Gasteiger partial charge in [-0.05, 0) is 42.4 Å². The average Bonchev–Trinajstić information content (AvgIpc) is 3.53. The lowest BCUT2D eigenvalue weighted by Crippen LogP contribution is -2.37. The van der Waals surface area contributed by atoms with E-state index in [1.165, 1.54) is 51.8 Å². The number of aromatic nitrogens is 2. The summed E-state index contributed by atoms with van der Waals surface area (Å²) in [5.74, 6) is -0.754. The van der Waals surface area contributed by atoms with Crippen LogP contribution in [0.4, 0.5) is 13.2 Å². The standard InChI is InChI=1S/C24H28F3N3O4S.C4H3NO2S/c1-3-33-23(32)15(2)8-29-10-18-19(11-29)20(18)12-30(22(31)21-13-35-14-28-21)9-16-5-4-6-17(7-16)34-24(25,26)27;6-4(7)3-1-8-2-5-3/h4-7,13-15,18-20H,3,8-12H2,1-2H3;1-2H,(H,6,7). The summed E-state index contributed by atoms with van der Waals surface area (Å²) < 4.78 is 47.0. The van der Waals surface area contributed by atoms with Crippen molar-refractivity contribution in [3.05, 3.63) is 63.0 Å². The molecule has 1 aliphatic heterocycles. The first-order valence-electron chi connectivity index (χ1n) is 13.5. The number of nitrogens with zero attached hydrogens (tertiary/aromatic N) is 4. The van der Waals surface area contributed by atoms with Crippen LogP contribution in [0.1, 0.15) is 40.4 Å². The second-order valence-corrected chi connectivity index (χ2v) is 11.7. The number of ether oxygens (including phenoxy) is 2. The van der Waals surface area contributed by atoms with E-state index in [0.29, 0.717) is 48.7 Å². The number of carboxylic acid groups (broad SMARTS) is 1. The molecule has 0 bridgehead atoms. The molecule has 0 radical (unpaired) electrons. The van der Waals surface area contributed by atoms with Gasteiger partial charge in [0, 0.05) is 43.5 Å². The molecule has 1 N–H and O–H groups in total. The molecule has 2 aliphatic rings. The molecule has 2 fully saturated rings. The lowest BCUT2D eigenvalue weighted by molar-refractivity contribution is -0.274. The zero-order valence-corrected chi connectivity index (χ0v) is 25.0. The number of amides is 1. The van der Waals surface area contributed by atoms with Crippen molar-refractivity contribution in [3.8, 4) is 5.75 Å². The molecule has 1 aromatic carbocycles. The molecule has 10 nitrogen and oxygen atoms in total. The van der Waals surface area contributed by atoms with Crippen LogP contribution in [-0.4, -0.2) is 81.9 Å². The van der Waals surface area contributed by atoms with Gasteiger partial charge in [0.2, 0.25) is 0 Å². The fraction of sp³-hybridized carbons (Fsp3) is 0.464. The van der Waals surface area contributed by atoms with Gasteiger partial charge in [0.05, 0.1) is 23.5 Å². The number of carbonyl (C=O) groups is 3. The van der Waals surface area contributed by atoms with E-state index in [2.05, 4.69) is 19.6 Å². The Kier molecular flexibility index (Phi) is 10.7. The van der Waals surface area contributed by atoms with E-state index in [1.54, 1.807) is 28.8 Å². The SMILES string of the molecule is CCOC(=O)C(C)CN1CC2C(C1)C2CN(Cc1cccc(OC(F)(F)F)c1)C(=O)c1cscn1.O=C(O)c1cscn1. The van der Waals surface area contributed by atoms with Gasteiger partial charge in [-0.1, -0.05) is 19.1 Å². The van der Waals surface area contributed by atoms with E-state index in [0.717, 1.165) is 13.1 Å². The third-order valence-corrected chi connectivity index (χ3v) is 8.37. The summed E-state index contributed by atoms with van der Waals surface area (Å²) in [6, 6.07) is 5.70. The van der Waals surface area contributed by atoms with E-state index in [4.69, 9.17) is 9.84 Å². The Hall–Kier alpha value is -3.56. The third kappa shape index (κ3) is 9.21. The summed E-state index contributed by atoms with van der Waals surface area (Å²) in [5.41, 5.74) is 4.07. The number of piperidine rings is 1. The van der Waals surface area contributed by atoms with Gasteiger partial charge in [-0.15, -0.1) is 35.8 Å². The van der Waals surface area contributed by atoms with Crippen LogP contribution in [-0.2, 0) is 16.1 Å². The van der Waals surface area contributed by atoms with Crippen molar-refractivity contribution in [1.29, 1.82) is 0 Å². The largest absolute Gasteiger partial charge is 0.573 e. The molecule has 3 heterocycles. The number of rotatable bonds is 11. The summed E-state index contributed by atoms with van der Waals surface area (Å²) >= 11 is 2.59. The molecule has 1 saturated heterocycles. The predicted molar refractivity (Wildman–Crippen MR) is 152 cm³/mol. The molecule has 1 aliphatic carbocycles. The van der Waals surface area contributed by atoms with Gasteiger partial charge in [-0.3, -0.25) is 9.59 Å². The lowest BCUT2D eigenvalue weighted by atomic mass is 10.1. The van der Waals surface area contributed by atoms with Crippen molar-refractivity contribution in [2.45, 2.75) is 26.8 Å². The number of carbonyl (C=O) groups excluding carboxylic acids is 2. The van der Waals surface area contributed by atoms with Gasteiger partial charge in [-0.25, -0.2) is 14.8 Å². The van der Waals surface area contributed by atoms with Crippen LogP contribution >= 0.6 is 22.7 Å². The van der Waals surface area contributed by atoms with E-state index in [1.807, 2.05) is 6.92 Å². The topological polar surface area (TPSA) is 122 Å². The van der Waals surface area contributed by atoms with Crippen LogP contribution in [0.2, 0.25) is 0 Å². The number of aromatic carboxylic acids is 1. The molecule has 1 saturated carbocycles. The maximum Gasteiger partial charge on any atom is 0.573 e. The highest BCUT2D eigenvalue weighted by Crippen LogP contribution is 2.52. The van der Waals surface area contributed by atoms with Gasteiger partial charge >= 0.3 is 18.3 Å². The molecule has 3 atom stereocenters. The van der Waals surface area contributed by atoms with Crippen molar-refractivity contribution >= 4 is 40.5 Å². The summed E-state index contributed by atoms with van der Waals surface area (Å²) in [6.45, 7) is 7.03. The quantitative estimate of drug-likeness (QED) is 0.292. The average molecular weight is 641 g/mol. The Bertz CT molecular complexity index is 1360. The van der Waals surface area contributed by atoms with Gasteiger partial charge in [-0.2, -0.15) is 0 Å². The van der Waals surface area contributed by atoms with Crippen molar-refractivity contribution in [2.24, 2.45) is 23.7 Å². The first-order valence-corrected chi connectivity index (χ1v) is 15.4. The lowest BCUT2D eigenvalue weighted by Gasteiger charge is -2.26. The minimum Gasteiger partial charge on any atom is -0.476 e. The van der Waals surface area contributed by atoms with Crippen molar-refractivity contribution < 1.29 is 42.1 Å². The normalized spacial score (nSPS) is 19.9. The maximum atomic E-state index is 13.2. The van der Waals surface area contributed by atoms with Gasteiger partial charge in [0.15, 0.2) is 5.69 Å². The molecule has 5 rings (SSSR count). The molecule has 232 valence electrons. The molecule has 2 aromatic heterocycles. The van der Waals surface area contributed by atoms with Crippen molar-refractivity contribution in [3.63, 3.8) is 0 Å². The van der Waals surface area contributed by atoms with Crippen LogP contribution in [0.15, 0.2) is 46.0 Å². The van der Waals surface area contributed by atoms with E-state index < -0.39 is 12.3 Å². The number of carboxylic acids is 1. The Labute approximate surface area is 254 Å². The second kappa shape index (κ2) is 14.3. The van der Waals surface area contributed by atoms with Crippen LogP contribution in [0.3, 0.4) is 0 Å². The number of hydrogen-bond donors (Lipinski definition) is 1. The number of hydrogen-bond acceptors (Lipinski definition) is 10. The smallest absolute Gasteiger partial charge is 0.476 e. The highest BCUT2D eigenvalue weighted by Gasteiger charge is 2.56. The number of alkyl halides is 3. The Morgan fingerprint density at radius 3 is 2.30 bits per heavy atom. The van der Waals surface area contributed by atoms with Gasteiger partial charge in [0.1, 0.15) is 11.4 Å². The highest BCUT2D eigenvalue weighted by atomic mass is 32.1. The van der Waals surface area contributed by atoms with Crippen molar-refractivity contribution in [2.75, 3.05) is 32.8 Å². The third-order valence-electron chi connectivity index (χ3n) is 7.19. The number of esters is 1. The van der Waals surface area contributed by atoms with Crippen LogP contribution in [0.25, 0.3) is 0 Å². The summed E-state index contributed by atoms with van der Waals surface area (Å²) in [6.07, 6.45) is -4.78. The number of benzene rings is 1. The first kappa shape index (κ1) is 32.4. The van der Waals surface area contributed by atoms with Crippen LogP contribution in [0.5, 0.6) is 5.75 Å². The predicted octanol–water partition coefficient (Wildman–Crippen LogP) is 4.90. The molecular weight excluding hydrogens is 609 g/mol. The molecule has 1 amide bonds. The maximum absolute atomic E-state index is 13.2. The molecule has 15 heteroatoms. The van der Waals surface area contributed by atoms with Crippen molar-refractivity contribution in [1.82, 2.24) is 19.8 Å². The van der Waals surface area contributed by atoms with Gasteiger partial charge < -0.3 is 24.4 Å². The minimum absolute atomic E-state index is 0.120. The van der Waals surface area contributed by atoms with Crippen LogP contribution in [0, 0.1) is 23.7 Å². The number of thiazole rings is 2. The molecule has 3 aromatic rings. The fourth-order valence-electron chi connectivity index (χ4n) is 5.24. The fourth-order valence-corrected chi connectivity index (χ4v) is 6.29. The van der Waals surface area contributed by atoms with E-state index in [-0.39, 0.29) is 35.8 Å². The Balaban J connectivity index is 0.000000458. The van der Waals surface area contributed by atoms with Gasteiger partial charge in [0.25, 0.3) is 5.91 Å². The monoisotopic (exact) mass is 640 g/mol. The number of halogens is 3. The molecule has 43 heavy (non-hydrogen) atoms.